The molecule has 4 rings (SSSR count). The van der Waals surface area contributed by atoms with E-state index in [9.17, 15) is 14.7 Å². The van der Waals surface area contributed by atoms with Crippen molar-refractivity contribution in [1.82, 2.24) is 14.8 Å². The largest absolute Gasteiger partial charge is 0.507 e. The predicted octanol–water partition coefficient (Wildman–Crippen LogP) is 2.23. The summed E-state index contributed by atoms with van der Waals surface area (Å²) in [7, 11) is 0. The van der Waals surface area contributed by atoms with Gasteiger partial charge in [0.1, 0.15) is 5.76 Å². The van der Waals surface area contributed by atoms with E-state index < -0.39 is 17.7 Å². The number of aliphatic hydroxyl groups is 1. The van der Waals surface area contributed by atoms with Crippen LogP contribution in [-0.4, -0.2) is 71.0 Å². The van der Waals surface area contributed by atoms with Crippen molar-refractivity contribution in [3.63, 3.8) is 0 Å². The first-order valence-corrected chi connectivity index (χ1v) is 10.2. The van der Waals surface area contributed by atoms with Crippen molar-refractivity contribution >= 4 is 17.4 Å². The molecule has 1 unspecified atom stereocenters. The van der Waals surface area contributed by atoms with Crippen LogP contribution in [0.2, 0.25) is 0 Å². The summed E-state index contributed by atoms with van der Waals surface area (Å²) in [6.07, 6.45) is 3.83. The van der Waals surface area contributed by atoms with E-state index in [-0.39, 0.29) is 11.3 Å². The van der Waals surface area contributed by atoms with Crippen LogP contribution in [0.1, 0.15) is 23.6 Å². The quantitative estimate of drug-likeness (QED) is 0.449. The summed E-state index contributed by atoms with van der Waals surface area (Å²) in [6.45, 7) is 4.47. The predicted molar refractivity (Wildman–Crippen MR) is 112 cm³/mol. The van der Waals surface area contributed by atoms with Gasteiger partial charge in [-0.05, 0) is 24.1 Å². The normalized spacial score (nSPS) is 21.9. The van der Waals surface area contributed by atoms with E-state index in [1.54, 1.807) is 29.4 Å². The number of amides is 1. The third-order valence-corrected chi connectivity index (χ3v) is 5.59. The number of ether oxygens (including phenoxy) is 1. The van der Waals surface area contributed by atoms with Crippen molar-refractivity contribution in [3.8, 4) is 0 Å². The van der Waals surface area contributed by atoms with Gasteiger partial charge in [-0.2, -0.15) is 0 Å². The molecule has 1 atom stereocenters. The van der Waals surface area contributed by atoms with E-state index in [0.717, 1.165) is 44.8 Å². The van der Waals surface area contributed by atoms with Gasteiger partial charge >= 0.3 is 0 Å². The lowest BCUT2D eigenvalue weighted by Gasteiger charge is -2.29. The fourth-order valence-electron chi connectivity index (χ4n) is 4.05. The summed E-state index contributed by atoms with van der Waals surface area (Å²) in [5.74, 6) is -1.38. The van der Waals surface area contributed by atoms with Gasteiger partial charge in [0, 0.05) is 44.1 Å². The molecule has 0 radical (unpaired) electrons. The van der Waals surface area contributed by atoms with Crippen molar-refractivity contribution in [2.24, 2.45) is 0 Å². The summed E-state index contributed by atoms with van der Waals surface area (Å²) < 4.78 is 5.38. The van der Waals surface area contributed by atoms with E-state index >= 15 is 0 Å². The van der Waals surface area contributed by atoms with Crippen LogP contribution in [0.15, 0.2) is 60.4 Å². The molecule has 30 heavy (non-hydrogen) atoms. The number of carbonyl (C=O) groups is 2. The van der Waals surface area contributed by atoms with Crippen LogP contribution in [0.4, 0.5) is 0 Å². The van der Waals surface area contributed by atoms with Crippen molar-refractivity contribution in [2.45, 2.75) is 12.5 Å². The average Bonchev–Trinajstić information content (AvgIpc) is 3.05. The minimum absolute atomic E-state index is 0.128. The van der Waals surface area contributed by atoms with Crippen LogP contribution in [-0.2, 0) is 14.3 Å². The highest BCUT2D eigenvalue weighted by atomic mass is 16.5. The number of aromatic nitrogens is 1. The van der Waals surface area contributed by atoms with Crippen molar-refractivity contribution in [3.05, 3.63) is 71.6 Å². The molecule has 0 spiro atoms. The standard InChI is InChI=1S/C23H25N3O4/c27-21(18-7-9-24-10-8-18)19-20(17-5-2-1-3-6-17)26(23(29)22(19)28)12-4-11-25-13-15-30-16-14-25/h1-3,5-10,20,27H,4,11-16H2. The van der Waals surface area contributed by atoms with Gasteiger partial charge in [0.15, 0.2) is 0 Å². The minimum atomic E-state index is -0.649. The Bertz CT molecular complexity index is 924. The van der Waals surface area contributed by atoms with Gasteiger partial charge in [-0.1, -0.05) is 30.3 Å². The third kappa shape index (κ3) is 4.13. The lowest BCUT2D eigenvalue weighted by atomic mass is 9.95. The van der Waals surface area contributed by atoms with E-state index in [4.69, 9.17) is 4.74 Å². The fourth-order valence-corrected chi connectivity index (χ4v) is 4.05. The molecule has 2 saturated heterocycles. The van der Waals surface area contributed by atoms with Gasteiger partial charge in [-0.25, -0.2) is 0 Å². The second-order valence-corrected chi connectivity index (χ2v) is 7.45. The Morgan fingerprint density at radius 2 is 1.73 bits per heavy atom. The number of hydrogen-bond donors (Lipinski definition) is 1. The van der Waals surface area contributed by atoms with E-state index in [1.807, 2.05) is 30.3 Å². The molecule has 7 heteroatoms. The summed E-state index contributed by atoms with van der Waals surface area (Å²) in [5, 5.41) is 10.9. The molecular formula is C23H25N3O4. The molecule has 7 nitrogen and oxygen atoms in total. The van der Waals surface area contributed by atoms with Crippen molar-refractivity contribution in [1.29, 1.82) is 0 Å². The highest BCUT2D eigenvalue weighted by Crippen LogP contribution is 2.39. The number of benzene rings is 1. The van der Waals surface area contributed by atoms with Crippen LogP contribution in [0, 0.1) is 0 Å². The molecule has 1 aromatic heterocycles. The van der Waals surface area contributed by atoms with Gasteiger partial charge in [0.2, 0.25) is 0 Å². The molecule has 2 aliphatic heterocycles. The Labute approximate surface area is 175 Å². The van der Waals surface area contributed by atoms with Gasteiger partial charge < -0.3 is 14.7 Å². The maximum absolute atomic E-state index is 12.9. The highest BCUT2D eigenvalue weighted by Gasteiger charge is 2.45. The number of morpholine rings is 1. The number of carbonyl (C=O) groups excluding carboxylic acids is 2. The van der Waals surface area contributed by atoms with Gasteiger partial charge in [-0.15, -0.1) is 0 Å². The lowest BCUT2D eigenvalue weighted by molar-refractivity contribution is -0.140. The van der Waals surface area contributed by atoms with Crippen molar-refractivity contribution < 1.29 is 19.4 Å². The Morgan fingerprint density at radius 3 is 2.43 bits per heavy atom. The van der Waals surface area contributed by atoms with Gasteiger partial charge in [0.05, 0.1) is 24.8 Å². The number of aliphatic hydroxyl groups excluding tert-OH is 1. The Balaban J connectivity index is 1.63. The van der Waals surface area contributed by atoms with E-state index in [1.165, 1.54) is 0 Å². The Kier molecular flexibility index (Phi) is 6.21. The SMILES string of the molecule is O=C1C(=O)N(CCCN2CCOCC2)C(c2ccccc2)C1=C(O)c1ccncc1. The summed E-state index contributed by atoms with van der Waals surface area (Å²) >= 11 is 0. The molecule has 1 N–H and O–H groups in total. The van der Waals surface area contributed by atoms with Crippen LogP contribution < -0.4 is 0 Å². The van der Waals surface area contributed by atoms with E-state index in [2.05, 4.69) is 9.88 Å². The Hall–Kier alpha value is -3.03. The van der Waals surface area contributed by atoms with E-state index in [0.29, 0.717) is 12.1 Å². The molecule has 3 heterocycles. The number of nitrogens with zero attached hydrogens (tertiary/aromatic N) is 3. The number of rotatable bonds is 6. The van der Waals surface area contributed by atoms with Crippen LogP contribution in [0.25, 0.3) is 5.76 Å². The molecular weight excluding hydrogens is 382 g/mol. The average molecular weight is 407 g/mol. The monoisotopic (exact) mass is 407 g/mol. The first-order chi connectivity index (χ1) is 14.7. The zero-order chi connectivity index (χ0) is 20.9. The highest BCUT2D eigenvalue weighted by molar-refractivity contribution is 6.46. The molecule has 1 aromatic carbocycles. The minimum Gasteiger partial charge on any atom is -0.507 e. The lowest BCUT2D eigenvalue weighted by Crippen LogP contribution is -2.38. The topological polar surface area (TPSA) is 83.0 Å². The first kappa shape index (κ1) is 20.3. The molecule has 2 aromatic rings. The van der Waals surface area contributed by atoms with Crippen LogP contribution in [0.3, 0.4) is 0 Å². The molecule has 0 aliphatic carbocycles. The smallest absolute Gasteiger partial charge is 0.295 e. The molecule has 2 fully saturated rings. The Morgan fingerprint density at radius 1 is 1.03 bits per heavy atom. The van der Waals surface area contributed by atoms with Crippen LogP contribution in [0.5, 0.6) is 0 Å². The van der Waals surface area contributed by atoms with Gasteiger partial charge in [-0.3, -0.25) is 19.5 Å². The van der Waals surface area contributed by atoms with Crippen molar-refractivity contribution in [2.75, 3.05) is 39.4 Å². The second kappa shape index (κ2) is 9.19. The van der Waals surface area contributed by atoms with Gasteiger partial charge in [0.25, 0.3) is 11.7 Å². The molecule has 0 saturated carbocycles. The molecule has 0 bridgehead atoms. The number of ketones is 1. The number of hydrogen-bond acceptors (Lipinski definition) is 6. The number of Topliss-reactive ketones (excluding diaryl/α,β-unsaturated/α-hetero) is 1. The zero-order valence-corrected chi connectivity index (χ0v) is 16.7. The second-order valence-electron chi connectivity index (χ2n) is 7.45. The first-order valence-electron chi connectivity index (χ1n) is 10.2. The summed E-state index contributed by atoms with van der Waals surface area (Å²) in [5.41, 5.74) is 1.40. The summed E-state index contributed by atoms with van der Waals surface area (Å²) in [6, 6.07) is 12.0. The molecule has 156 valence electrons. The maximum Gasteiger partial charge on any atom is 0.295 e. The number of pyridine rings is 1. The maximum atomic E-state index is 12.9. The molecule has 1 amide bonds. The third-order valence-electron chi connectivity index (χ3n) is 5.59. The fraction of sp³-hybridized carbons (Fsp3) is 0.348. The summed E-state index contributed by atoms with van der Waals surface area (Å²) in [4.78, 5) is 33.7. The van der Waals surface area contributed by atoms with Crippen LogP contribution >= 0.6 is 0 Å². The number of likely N-dealkylation sites (tertiary alicyclic amines) is 1. The molecule has 2 aliphatic rings. The zero-order valence-electron chi connectivity index (χ0n) is 16.7.